The second-order valence-electron chi connectivity index (χ2n) is 7.71. The van der Waals surface area contributed by atoms with E-state index in [1.807, 2.05) is 12.1 Å². The number of nitrogens with zero attached hydrogens (tertiary/aromatic N) is 1. The fraction of sp³-hybridized carbons (Fsp3) is 0.348. The molecule has 0 unspecified atom stereocenters. The predicted molar refractivity (Wildman–Crippen MR) is 105 cm³/mol. The van der Waals surface area contributed by atoms with Gasteiger partial charge in [0.25, 0.3) is 0 Å². The Kier molecular flexibility index (Phi) is 4.40. The van der Waals surface area contributed by atoms with Crippen molar-refractivity contribution < 1.29 is 13.5 Å². The van der Waals surface area contributed by atoms with Crippen LogP contribution >= 0.6 is 0 Å². The van der Waals surface area contributed by atoms with Gasteiger partial charge in [0.1, 0.15) is 23.9 Å². The summed E-state index contributed by atoms with van der Waals surface area (Å²) in [5.74, 6) is 0.539. The molecule has 0 radical (unpaired) electrons. The van der Waals surface area contributed by atoms with Crippen LogP contribution in [0.15, 0.2) is 45.6 Å². The first-order chi connectivity index (χ1) is 13.7. The third kappa shape index (κ3) is 3.10. The molecule has 0 N–H and O–H groups in total. The average Bonchev–Trinajstić information content (AvgIpc) is 2.97. The lowest BCUT2D eigenvalue weighted by atomic mass is 9.98. The van der Waals surface area contributed by atoms with Crippen LogP contribution in [0.4, 0.5) is 4.39 Å². The van der Waals surface area contributed by atoms with E-state index in [2.05, 4.69) is 4.90 Å². The number of halogens is 1. The lowest BCUT2D eigenvalue weighted by Gasteiger charge is -2.29. The zero-order valence-electron chi connectivity index (χ0n) is 15.7. The van der Waals surface area contributed by atoms with E-state index < -0.39 is 0 Å². The summed E-state index contributed by atoms with van der Waals surface area (Å²) in [6.07, 6.45) is 5.03. The number of hydrogen-bond acceptors (Lipinski definition) is 4. The Hall–Kier alpha value is -2.66. The van der Waals surface area contributed by atoms with Crippen LogP contribution in [-0.4, -0.2) is 11.6 Å². The lowest BCUT2D eigenvalue weighted by molar-refractivity contribution is 0.0889. The fourth-order valence-corrected chi connectivity index (χ4v) is 4.39. The summed E-state index contributed by atoms with van der Waals surface area (Å²) >= 11 is 0. The van der Waals surface area contributed by atoms with Gasteiger partial charge in [0.2, 0.25) is 0 Å². The van der Waals surface area contributed by atoms with Gasteiger partial charge in [-0.1, -0.05) is 18.6 Å². The molecule has 2 aromatic carbocycles. The number of hydrogen-bond donors (Lipinski definition) is 0. The predicted octanol–water partition coefficient (Wildman–Crippen LogP) is 4.55. The highest BCUT2D eigenvalue weighted by atomic mass is 19.1. The first-order valence-corrected chi connectivity index (χ1v) is 9.89. The molecule has 0 bridgehead atoms. The largest absolute Gasteiger partial charge is 0.478 e. The molecule has 1 aliphatic carbocycles. The Morgan fingerprint density at radius 1 is 0.929 bits per heavy atom. The average molecular weight is 379 g/mol. The van der Waals surface area contributed by atoms with Gasteiger partial charge in [-0.25, -0.2) is 9.18 Å². The molecule has 0 amide bonds. The molecule has 144 valence electrons. The smallest absolute Gasteiger partial charge is 0.339 e. The molecule has 5 rings (SSSR count). The lowest BCUT2D eigenvalue weighted by Crippen LogP contribution is -2.31. The van der Waals surface area contributed by atoms with Crippen molar-refractivity contribution in [1.82, 2.24) is 4.90 Å². The molecule has 28 heavy (non-hydrogen) atoms. The van der Waals surface area contributed by atoms with E-state index in [-0.39, 0.29) is 11.4 Å². The summed E-state index contributed by atoms with van der Waals surface area (Å²) in [6.45, 7) is 1.72. The highest BCUT2D eigenvalue weighted by Gasteiger charge is 2.24. The van der Waals surface area contributed by atoms with Crippen LogP contribution in [0.5, 0.6) is 5.75 Å². The summed E-state index contributed by atoms with van der Waals surface area (Å²) in [5.41, 5.74) is 4.41. The first kappa shape index (κ1) is 17.4. The molecule has 3 aromatic rings. The van der Waals surface area contributed by atoms with Gasteiger partial charge in [-0.3, -0.25) is 4.90 Å². The van der Waals surface area contributed by atoms with E-state index >= 15 is 0 Å². The van der Waals surface area contributed by atoms with Crippen molar-refractivity contribution in [2.45, 2.75) is 45.2 Å². The van der Waals surface area contributed by atoms with Gasteiger partial charge in [-0.15, -0.1) is 0 Å². The SMILES string of the molecule is O=c1oc2c3c(ccc2c2c1CCCCC2)OCN(Cc1ccc(F)cc1)C3. The minimum atomic E-state index is -0.238. The van der Waals surface area contributed by atoms with Crippen molar-refractivity contribution >= 4 is 11.0 Å². The van der Waals surface area contributed by atoms with Crippen molar-refractivity contribution in [1.29, 1.82) is 0 Å². The molecule has 4 nitrogen and oxygen atoms in total. The van der Waals surface area contributed by atoms with E-state index in [1.165, 1.54) is 12.1 Å². The van der Waals surface area contributed by atoms with Crippen molar-refractivity contribution in [3.05, 3.63) is 74.9 Å². The van der Waals surface area contributed by atoms with Gasteiger partial charge in [0.15, 0.2) is 0 Å². The third-order valence-electron chi connectivity index (χ3n) is 5.81. The van der Waals surface area contributed by atoms with Crippen molar-refractivity contribution in [3.63, 3.8) is 0 Å². The highest BCUT2D eigenvalue weighted by molar-refractivity contribution is 5.86. The zero-order valence-corrected chi connectivity index (χ0v) is 15.7. The van der Waals surface area contributed by atoms with Crippen molar-refractivity contribution in [3.8, 4) is 5.75 Å². The van der Waals surface area contributed by atoms with E-state index in [1.54, 1.807) is 12.1 Å². The zero-order chi connectivity index (χ0) is 19.1. The van der Waals surface area contributed by atoms with Crippen LogP contribution in [-0.2, 0) is 25.9 Å². The molecule has 0 saturated heterocycles. The minimum absolute atomic E-state index is 0.201. The van der Waals surface area contributed by atoms with Crippen LogP contribution in [0, 0.1) is 5.82 Å². The Morgan fingerprint density at radius 2 is 1.71 bits per heavy atom. The standard InChI is InChI=1S/C23H22FNO3/c24-16-8-6-15(7-9-16)12-25-13-20-21(27-14-25)11-10-18-17-4-2-1-3-5-19(17)23(26)28-22(18)20/h6-11H,1-5,12-14H2. The third-order valence-corrected chi connectivity index (χ3v) is 5.81. The van der Waals surface area contributed by atoms with Gasteiger partial charge >= 0.3 is 5.63 Å². The molecule has 0 atom stereocenters. The maximum absolute atomic E-state index is 13.2. The second kappa shape index (κ2) is 7.06. The van der Waals surface area contributed by atoms with Crippen molar-refractivity contribution in [2.75, 3.05) is 6.73 Å². The summed E-state index contributed by atoms with van der Waals surface area (Å²) in [7, 11) is 0. The van der Waals surface area contributed by atoms with Gasteiger partial charge in [-0.05, 0) is 61.1 Å². The number of benzene rings is 2. The number of ether oxygens (including phenoxy) is 1. The van der Waals surface area contributed by atoms with Gasteiger partial charge in [0, 0.05) is 24.0 Å². The normalized spacial score (nSPS) is 16.9. The highest BCUT2D eigenvalue weighted by Crippen LogP contribution is 2.35. The second-order valence-corrected chi connectivity index (χ2v) is 7.71. The van der Waals surface area contributed by atoms with E-state index in [9.17, 15) is 9.18 Å². The molecule has 2 aliphatic rings. The van der Waals surface area contributed by atoms with Crippen LogP contribution in [0.25, 0.3) is 11.0 Å². The molecule has 1 aliphatic heterocycles. The Morgan fingerprint density at radius 3 is 2.54 bits per heavy atom. The molecule has 2 heterocycles. The van der Waals surface area contributed by atoms with Crippen LogP contribution in [0.1, 0.15) is 41.5 Å². The summed E-state index contributed by atoms with van der Waals surface area (Å²) in [6, 6.07) is 10.5. The Bertz CT molecular complexity index is 1090. The molecule has 0 spiro atoms. The van der Waals surface area contributed by atoms with Gasteiger partial charge in [0.05, 0.1) is 5.56 Å². The maximum atomic E-state index is 13.2. The number of rotatable bonds is 2. The number of aryl methyl sites for hydroxylation is 1. The molecule has 0 saturated carbocycles. The summed E-state index contributed by atoms with van der Waals surface area (Å²) in [4.78, 5) is 14.8. The monoisotopic (exact) mass is 379 g/mol. The summed E-state index contributed by atoms with van der Waals surface area (Å²) < 4.78 is 24.9. The van der Waals surface area contributed by atoms with Crippen LogP contribution in [0.2, 0.25) is 0 Å². The Labute approximate surface area is 162 Å². The molecule has 0 fully saturated rings. The van der Waals surface area contributed by atoms with Crippen LogP contribution < -0.4 is 10.4 Å². The number of fused-ring (bicyclic) bond motifs is 5. The maximum Gasteiger partial charge on any atom is 0.339 e. The van der Waals surface area contributed by atoms with Crippen molar-refractivity contribution in [2.24, 2.45) is 0 Å². The fourth-order valence-electron chi connectivity index (χ4n) is 4.39. The van der Waals surface area contributed by atoms with E-state index in [4.69, 9.17) is 9.15 Å². The Balaban J connectivity index is 1.54. The molecule has 1 aromatic heterocycles. The molecular weight excluding hydrogens is 357 g/mol. The van der Waals surface area contributed by atoms with Gasteiger partial charge < -0.3 is 9.15 Å². The first-order valence-electron chi connectivity index (χ1n) is 9.89. The topological polar surface area (TPSA) is 42.7 Å². The van der Waals surface area contributed by atoms with Crippen LogP contribution in [0.3, 0.4) is 0 Å². The summed E-state index contributed by atoms with van der Waals surface area (Å²) in [5, 5.41) is 1.04. The quantitative estimate of drug-likeness (QED) is 0.484. The van der Waals surface area contributed by atoms with E-state index in [0.717, 1.165) is 65.5 Å². The van der Waals surface area contributed by atoms with E-state index in [0.29, 0.717) is 25.4 Å². The molecular formula is C23H22FNO3. The van der Waals surface area contributed by atoms with Gasteiger partial charge in [-0.2, -0.15) is 0 Å². The minimum Gasteiger partial charge on any atom is -0.478 e. The molecule has 5 heteroatoms.